The van der Waals surface area contributed by atoms with E-state index in [4.69, 9.17) is 16.3 Å². The standard InChI is InChI=1S/C13H20ClNO/c1-10(2)12(8-9-16-3)15-13-7-5-4-6-11(13)14/h4-7,10,12,15H,8-9H2,1-3H3. The second-order valence-corrected chi connectivity index (χ2v) is 4.66. The van der Waals surface area contributed by atoms with Crippen molar-refractivity contribution < 1.29 is 4.74 Å². The van der Waals surface area contributed by atoms with E-state index in [1.807, 2.05) is 24.3 Å². The van der Waals surface area contributed by atoms with Crippen LogP contribution >= 0.6 is 11.6 Å². The maximum absolute atomic E-state index is 6.11. The summed E-state index contributed by atoms with van der Waals surface area (Å²) >= 11 is 6.11. The molecule has 0 spiro atoms. The molecule has 0 aromatic heterocycles. The molecule has 1 aromatic carbocycles. The van der Waals surface area contributed by atoms with Gasteiger partial charge in [0, 0.05) is 19.8 Å². The Hall–Kier alpha value is -0.730. The van der Waals surface area contributed by atoms with Gasteiger partial charge in [-0.15, -0.1) is 0 Å². The molecule has 1 aromatic rings. The van der Waals surface area contributed by atoms with Gasteiger partial charge in [-0.1, -0.05) is 37.6 Å². The molecule has 0 bridgehead atoms. The van der Waals surface area contributed by atoms with E-state index < -0.39 is 0 Å². The Morgan fingerprint density at radius 3 is 2.56 bits per heavy atom. The van der Waals surface area contributed by atoms with Crippen LogP contribution in [0, 0.1) is 5.92 Å². The fourth-order valence-electron chi connectivity index (χ4n) is 1.59. The van der Waals surface area contributed by atoms with Crippen LogP contribution in [0.5, 0.6) is 0 Å². The smallest absolute Gasteiger partial charge is 0.0637 e. The molecule has 0 aliphatic heterocycles. The van der Waals surface area contributed by atoms with E-state index >= 15 is 0 Å². The molecule has 0 saturated heterocycles. The van der Waals surface area contributed by atoms with Gasteiger partial charge in [-0.2, -0.15) is 0 Å². The molecule has 16 heavy (non-hydrogen) atoms. The van der Waals surface area contributed by atoms with Gasteiger partial charge in [0.2, 0.25) is 0 Å². The van der Waals surface area contributed by atoms with Crippen LogP contribution in [0.15, 0.2) is 24.3 Å². The second kappa shape index (κ2) is 6.77. The van der Waals surface area contributed by atoms with Crippen molar-refractivity contribution in [2.24, 2.45) is 5.92 Å². The lowest BCUT2D eigenvalue weighted by atomic mass is 10.0. The van der Waals surface area contributed by atoms with E-state index in [-0.39, 0.29) is 0 Å². The average Bonchev–Trinajstić information content (AvgIpc) is 2.26. The number of halogens is 1. The lowest BCUT2D eigenvalue weighted by molar-refractivity contribution is 0.184. The average molecular weight is 242 g/mol. The van der Waals surface area contributed by atoms with Crippen LogP contribution in [0.25, 0.3) is 0 Å². The zero-order valence-corrected chi connectivity index (χ0v) is 10.9. The van der Waals surface area contributed by atoms with Gasteiger partial charge in [0.15, 0.2) is 0 Å². The fourth-order valence-corrected chi connectivity index (χ4v) is 1.79. The third-order valence-electron chi connectivity index (χ3n) is 2.65. The maximum atomic E-state index is 6.11. The molecule has 3 heteroatoms. The highest BCUT2D eigenvalue weighted by molar-refractivity contribution is 6.33. The largest absolute Gasteiger partial charge is 0.385 e. The molecule has 0 heterocycles. The first-order valence-electron chi connectivity index (χ1n) is 5.65. The van der Waals surface area contributed by atoms with Crippen molar-refractivity contribution in [2.45, 2.75) is 26.3 Å². The van der Waals surface area contributed by atoms with Crippen LogP contribution in [0.4, 0.5) is 5.69 Å². The van der Waals surface area contributed by atoms with Crippen LogP contribution < -0.4 is 5.32 Å². The number of ether oxygens (including phenoxy) is 1. The molecule has 1 N–H and O–H groups in total. The minimum absolute atomic E-state index is 0.389. The minimum Gasteiger partial charge on any atom is -0.385 e. The summed E-state index contributed by atoms with van der Waals surface area (Å²) in [4.78, 5) is 0. The molecule has 0 aliphatic rings. The summed E-state index contributed by atoms with van der Waals surface area (Å²) in [6, 6.07) is 8.22. The first-order chi connectivity index (χ1) is 7.65. The molecule has 0 aliphatic carbocycles. The van der Waals surface area contributed by atoms with Gasteiger partial charge in [0.1, 0.15) is 0 Å². The second-order valence-electron chi connectivity index (χ2n) is 4.26. The molecule has 0 saturated carbocycles. The lowest BCUT2D eigenvalue weighted by Crippen LogP contribution is -2.27. The highest BCUT2D eigenvalue weighted by atomic mass is 35.5. The highest BCUT2D eigenvalue weighted by Crippen LogP contribution is 2.23. The number of hydrogen-bond donors (Lipinski definition) is 1. The Morgan fingerprint density at radius 1 is 1.31 bits per heavy atom. The first kappa shape index (κ1) is 13.3. The number of methoxy groups -OCH3 is 1. The summed E-state index contributed by atoms with van der Waals surface area (Å²) in [6.07, 6.45) is 0.986. The molecule has 0 amide bonds. The molecule has 2 nitrogen and oxygen atoms in total. The van der Waals surface area contributed by atoms with Crippen molar-refractivity contribution in [3.05, 3.63) is 29.3 Å². The Labute approximate surface area is 103 Å². The number of benzene rings is 1. The van der Waals surface area contributed by atoms with Gasteiger partial charge in [-0.25, -0.2) is 0 Å². The predicted octanol–water partition coefficient (Wildman–Crippen LogP) is 3.81. The molecular weight excluding hydrogens is 222 g/mol. The maximum Gasteiger partial charge on any atom is 0.0637 e. The normalized spacial score (nSPS) is 12.8. The molecular formula is C13H20ClNO. The monoisotopic (exact) mass is 241 g/mol. The van der Waals surface area contributed by atoms with Crippen molar-refractivity contribution >= 4 is 17.3 Å². The number of anilines is 1. The molecule has 1 atom stereocenters. The first-order valence-corrected chi connectivity index (χ1v) is 6.03. The Bertz CT molecular complexity index is 315. The summed E-state index contributed by atoms with van der Waals surface area (Å²) in [6.45, 7) is 5.16. The van der Waals surface area contributed by atoms with Crippen molar-refractivity contribution in [1.82, 2.24) is 0 Å². The number of nitrogens with one attached hydrogen (secondary N) is 1. The molecule has 90 valence electrons. The zero-order valence-electron chi connectivity index (χ0n) is 10.2. The molecule has 1 unspecified atom stereocenters. The molecule has 0 fully saturated rings. The Balaban J connectivity index is 2.64. The van der Waals surface area contributed by atoms with Gasteiger partial charge >= 0.3 is 0 Å². The highest BCUT2D eigenvalue weighted by Gasteiger charge is 2.13. The quantitative estimate of drug-likeness (QED) is 0.818. The fraction of sp³-hybridized carbons (Fsp3) is 0.538. The van der Waals surface area contributed by atoms with Crippen LogP contribution in [-0.2, 0) is 4.74 Å². The topological polar surface area (TPSA) is 21.3 Å². The predicted molar refractivity (Wildman–Crippen MR) is 70.2 cm³/mol. The number of hydrogen-bond acceptors (Lipinski definition) is 2. The van der Waals surface area contributed by atoms with E-state index in [0.717, 1.165) is 23.7 Å². The number of rotatable bonds is 6. The lowest BCUT2D eigenvalue weighted by Gasteiger charge is -2.23. The van der Waals surface area contributed by atoms with E-state index in [9.17, 15) is 0 Å². The van der Waals surface area contributed by atoms with Gasteiger partial charge in [0.05, 0.1) is 10.7 Å². The van der Waals surface area contributed by atoms with Gasteiger partial charge < -0.3 is 10.1 Å². The SMILES string of the molecule is COCCC(Nc1ccccc1Cl)C(C)C. The third-order valence-corrected chi connectivity index (χ3v) is 2.98. The van der Waals surface area contributed by atoms with Crippen LogP contribution in [0.2, 0.25) is 5.02 Å². The summed E-state index contributed by atoms with van der Waals surface area (Å²) in [5.41, 5.74) is 0.999. The van der Waals surface area contributed by atoms with Gasteiger partial charge in [-0.3, -0.25) is 0 Å². The van der Waals surface area contributed by atoms with E-state index in [1.54, 1.807) is 7.11 Å². The summed E-state index contributed by atoms with van der Waals surface area (Å²) in [5, 5.41) is 4.24. The third kappa shape index (κ3) is 4.03. The van der Waals surface area contributed by atoms with Crippen LogP contribution in [-0.4, -0.2) is 19.8 Å². The van der Waals surface area contributed by atoms with Crippen molar-refractivity contribution in [3.8, 4) is 0 Å². The minimum atomic E-state index is 0.389. The number of para-hydroxylation sites is 1. The van der Waals surface area contributed by atoms with E-state index in [2.05, 4.69) is 19.2 Å². The van der Waals surface area contributed by atoms with E-state index in [1.165, 1.54) is 0 Å². The van der Waals surface area contributed by atoms with Crippen molar-refractivity contribution in [1.29, 1.82) is 0 Å². The van der Waals surface area contributed by atoms with Crippen LogP contribution in [0.3, 0.4) is 0 Å². The van der Waals surface area contributed by atoms with Gasteiger partial charge in [-0.05, 0) is 24.5 Å². The molecule has 1 rings (SSSR count). The van der Waals surface area contributed by atoms with Crippen LogP contribution in [0.1, 0.15) is 20.3 Å². The Kier molecular flexibility index (Phi) is 5.64. The van der Waals surface area contributed by atoms with Crippen molar-refractivity contribution in [2.75, 3.05) is 19.0 Å². The Morgan fingerprint density at radius 2 is 2.00 bits per heavy atom. The summed E-state index contributed by atoms with van der Waals surface area (Å²) < 4.78 is 5.12. The van der Waals surface area contributed by atoms with Gasteiger partial charge in [0.25, 0.3) is 0 Å². The summed E-state index contributed by atoms with van der Waals surface area (Å²) in [5.74, 6) is 0.548. The van der Waals surface area contributed by atoms with E-state index in [0.29, 0.717) is 12.0 Å². The summed E-state index contributed by atoms with van der Waals surface area (Å²) in [7, 11) is 1.73. The zero-order chi connectivity index (χ0) is 12.0. The van der Waals surface area contributed by atoms with Crippen molar-refractivity contribution in [3.63, 3.8) is 0 Å². The molecule has 0 radical (unpaired) electrons.